The minimum atomic E-state index is 0. The van der Waals surface area contributed by atoms with Crippen molar-refractivity contribution >= 4 is 29.9 Å². The lowest BCUT2D eigenvalue weighted by Crippen LogP contribution is -2.43. The van der Waals surface area contributed by atoms with E-state index in [-0.39, 0.29) is 24.0 Å². The standard InChI is InChI=1S/C18H36N4.HI/c1-3-18(10-4-5-11-18)16-21-17(19-2)20-12-6-7-13-22-14-8-9-15-22;/h3-16H2,1-2H3,(H2,19,20,21);1H. The normalized spacial score (nSPS) is 21.2. The van der Waals surface area contributed by atoms with Gasteiger partial charge >= 0.3 is 0 Å². The molecule has 1 heterocycles. The maximum atomic E-state index is 4.37. The fourth-order valence-corrected chi connectivity index (χ4v) is 3.95. The summed E-state index contributed by atoms with van der Waals surface area (Å²) in [6.45, 7) is 8.35. The van der Waals surface area contributed by atoms with Gasteiger partial charge in [-0.25, -0.2) is 0 Å². The number of hydrogen-bond acceptors (Lipinski definition) is 2. The Hall–Kier alpha value is -0.0400. The monoisotopic (exact) mass is 436 g/mol. The molecule has 1 saturated heterocycles. The Balaban J connectivity index is 0.00000264. The van der Waals surface area contributed by atoms with Gasteiger partial charge in [0.1, 0.15) is 0 Å². The molecule has 0 unspecified atom stereocenters. The third-order valence-electron chi connectivity index (χ3n) is 5.66. The Labute approximate surface area is 160 Å². The van der Waals surface area contributed by atoms with Crippen molar-refractivity contribution in [1.82, 2.24) is 15.5 Å². The molecule has 2 N–H and O–H groups in total. The molecule has 23 heavy (non-hydrogen) atoms. The van der Waals surface area contributed by atoms with Gasteiger partial charge < -0.3 is 15.5 Å². The lowest BCUT2D eigenvalue weighted by atomic mass is 9.83. The molecule has 0 bridgehead atoms. The highest BCUT2D eigenvalue weighted by Gasteiger charge is 2.31. The summed E-state index contributed by atoms with van der Waals surface area (Å²) in [6, 6.07) is 0. The molecule has 0 atom stereocenters. The molecule has 1 aliphatic heterocycles. The molecule has 5 heteroatoms. The molecule has 0 aromatic carbocycles. The van der Waals surface area contributed by atoms with Gasteiger partial charge in [-0.1, -0.05) is 19.8 Å². The molecule has 2 fully saturated rings. The van der Waals surface area contributed by atoms with E-state index in [0.717, 1.165) is 19.0 Å². The lowest BCUT2D eigenvalue weighted by molar-refractivity contribution is 0.283. The van der Waals surface area contributed by atoms with Gasteiger partial charge in [-0.15, -0.1) is 24.0 Å². The number of aliphatic imine (C=N–C) groups is 1. The highest BCUT2D eigenvalue weighted by atomic mass is 127. The van der Waals surface area contributed by atoms with Crippen molar-refractivity contribution in [2.75, 3.05) is 39.8 Å². The predicted octanol–water partition coefficient (Wildman–Crippen LogP) is 3.62. The second-order valence-corrected chi connectivity index (χ2v) is 7.17. The van der Waals surface area contributed by atoms with E-state index >= 15 is 0 Å². The third-order valence-corrected chi connectivity index (χ3v) is 5.66. The SMILES string of the molecule is CCC1(CNC(=NC)NCCCCN2CCCC2)CCCC1.I. The van der Waals surface area contributed by atoms with Crippen LogP contribution in [0.15, 0.2) is 4.99 Å². The Morgan fingerprint density at radius 2 is 1.74 bits per heavy atom. The van der Waals surface area contributed by atoms with E-state index in [1.54, 1.807) is 0 Å². The lowest BCUT2D eigenvalue weighted by Gasteiger charge is -2.28. The largest absolute Gasteiger partial charge is 0.356 e. The van der Waals surface area contributed by atoms with Gasteiger partial charge in [0.25, 0.3) is 0 Å². The molecule has 0 radical (unpaired) electrons. The molecule has 136 valence electrons. The van der Waals surface area contributed by atoms with Crippen molar-refractivity contribution in [3.05, 3.63) is 0 Å². The Kier molecular flexibility index (Phi) is 10.5. The fraction of sp³-hybridized carbons (Fsp3) is 0.944. The second-order valence-electron chi connectivity index (χ2n) is 7.17. The molecule has 1 saturated carbocycles. The van der Waals surface area contributed by atoms with Crippen LogP contribution in [0.4, 0.5) is 0 Å². The number of rotatable bonds is 8. The van der Waals surface area contributed by atoms with E-state index < -0.39 is 0 Å². The van der Waals surface area contributed by atoms with Crippen molar-refractivity contribution < 1.29 is 0 Å². The summed E-state index contributed by atoms with van der Waals surface area (Å²) >= 11 is 0. The molecular weight excluding hydrogens is 399 g/mol. The number of unbranched alkanes of at least 4 members (excludes halogenated alkanes) is 1. The number of nitrogens with one attached hydrogen (secondary N) is 2. The van der Waals surface area contributed by atoms with Crippen LogP contribution in [0.1, 0.15) is 64.7 Å². The van der Waals surface area contributed by atoms with E-state index in [9.17, 15) is 0 Å². The van der Waals surface area contributed by atoms with Crippen molar-refractivity contribution in [2.45, 2.75) is 64.7 Å². The first kappa shape index (κ1) is 21.0. The van der Waals surface area contributed by atoms with Gasteiger partial charge in [-0.3, -0.25) is 4.99 Å². The van der Waals surface area contributed by atoms with Crippen LogP contribution in [-0.4, -0.2) is 50.6 Å². The molecule has 0 amide bonds. The molecule has 0 spiro atoms. The summed E-state index contributed by atoms with van der Waals surface area (Å²) in [5.41, 5.74) is 0.521. The van der Waals surface area contributed by atoms with Gasteiger partial charge in [-0.05, 0) is 70.0 Å². The topological polar surface area (TPSA) is 39.7 Å². The van der Waals surface area contributed by atoms with Crippen LogP contribution in [0.3, 0.4) is 0 Å². The third kappa shape index (κ3) is 7.16. The number of likely N-dealkylation sites (tertiary alicyclic amines) is 1. The Morgan fingerprint density at radius 1 is 1.04 bits per heavy atom. The van der Waals surface area contributed by atoms with Gasteiger partial charge in [0.2, 0.25) is 0 Å². The van der Waals surface area contributed by atoms with Crippen molar-refractivity contribution in [3.8, 4) is 0 Å². The first-order valence-corrected chi connectivity index (χ1v) is 9.45. The van der Waals surface area contributed by atoms with E-state index in [1.807, 2.05) is 7.05 Å². The average Bonchev–Trinajstić information content (AvgIpc) is 3.22. The summed E-state index contributed by atoms with van der Waals surface area (Å²) in [6.07, 6.45) is 12.2. The maximum absolute atomic E-state index is 4.37. The molecule has 0 aromatic heterocycles. The molecule has 1 aliphatic carbocycles. The quantitative estimate of drug-likeness (QED) is 0.264. The second kappa shape index (κ2) is 11.5. The summed E-state index contributed by atoms with van der Waals surface area (Å²) in [5.74, 6) is 0.987. The van der Waals surface area contributed by atoms with Crippen molar-refractivity contribution in [2.24, 2.45) is 10.4 Å². The zero-order chi connectivity index (χ0) is 15.7. The van der Waals surface area contributed by atoms with E-state index in [2.05, 4.69) is 27.4 Å². The van der Waals surface area contributed by atoms with E-state index in [4.69, 9.17) is 0 Å². The van der Waals surface area contributed by atoms with Crippen LogP contribution >= 0.6 is 24.0 Å². The smallest absolute Gasteiger partial charge is 0.190 e. The first-order chi connectivity index (χ1) is 10.8. The van der Waals surface area contributed by atoms with Gasteiger partial charge in [-0.2, -0.15) is 0 Å². The Morgan fingerprint density at radius 3 is 2.35 bits per heavy atom. The first-order valence-electron chi connectivity index (χ1n) is 9.45. The maximum Gasteiger partial charge on any atom is 0.190 e. The van der Waals surface area contributed by atoms with Crippen molar-refractivity contribution in [3.63, 3.8) is 0 Å². The summed E-state index contributed by atoms with van der Waals surface area (Å²) < 4.78 is 0. The fourth-order valence-electron chi connectivity index (χ4n) is 3.95. The number of nitrogens with zero attached hydrogens (tertiary/aromatic N) is 2. The summed E-state index contributed by atoms with van der Waals surface area (Å²) in [5, 5.41) is 7.04. The van der Waals surface area contributed by atoms with Crippen LogP contribution in [-0.2, 0) is 0 Å². The van der Waals surface area contributed by atoms with Crippen molar-refractivity contribution in [1.29, 1.82) is 0 Å². The Bertz CT molecular complexity index is 334. The van der Waals surface area contributed by atoms with Crippen LogP contribution in [0.2, 0.25) is 0 Å². The van der Waals surface area contributed by atoms with E-state index in [0.29, 0.717) is 5.41 Å². The number of halogens is 1. The zero-order valence-electron chi connectivity index (χ0n) is 15.2. The van der Waals surface area contributed by atoms with Crippen LogP contribution in [0.5, 0.6) is 0 Å². The predicted molar refractivity (Wildman–Crippen MR) is 111 cm³/mol. The van der Waals surface area contributed by atoms with Crippen LogP contribution in [0, 0.1) is 5.41 Å². The zero-order valence-corrected chi connectivity index (χ0v) is 17.5. The van der Waals surface area contributed by atoms with Gasteiger partial charge in [0.05, 0.1) is 0 Å². The molecule has 4 nitrogen and oxygen atoms in total. The number of hydrogen-bond donors (Lipinski definition) is 2. The average molecular weight is 436 g/mol. The minimum Gasteiger partial charge on any atom is -0.356 e. The summed E-state index contributed by atoms with van der Waals surface area (Å²) in [7, 11) is 1.88. The van der Waals surface area contributed by atoms with Gasteiger partial charge in [0, 0.05) is 20.1 Å². The molecular formula is C18H37IN4. The highest BCUT2D eigenvalue weighted by Crippen LogP contribution is 2.40. The number of guanidine groups is 1. The van der Waals surface area contributed by atoms with Crippen LogP contribution < -0.4 is 10.6 Å². The molecule has 2 aliphatic rings. The minimum absolute atomic E-state index is 0. The summed E-state index contributed by atoms with van der Waals surface area (Å²) in [4.78, 5) is 6.97. The van der Waals surface area contributed by atoms with Crippen LogP contribution in [0.25, 0.3) is 0 Å². The molecule has 0 aromatic rings. The van der Waals surface area contributed by atoms with E-state index in [1.165, 1.54) is 77.4 Å². The highest BCUT2D eigenvalue weighted by molar-refractivity contribution is 14.0. The molecule has 2 rings (SSSR count). The van der Waals surface area contributed by atoms with Gasteiger partial charge in [0.15, 0.2) is 5.96 Å².